The van der Waals surface area contributed by atoms with Crippen LogP contribution in [0.25, 0.3) is 16.6 Å². The number of fused-ring (bicyclic) bond motifs is 1. The summed E-state index contributed by atoms with van der Waals surface area (Å²) in [5, 5.41) is 10.9. The molecule has 0 saturated heterocycles. The molecule has 0 N–H and O–H groups in total. The Hall–Kier alpha value is -2.73. The van der Waals surface area contributed by atoms with Crippen LogP contribution in [0.3, 0.4) is 0 Å². The third-order valence-corrected chi connectivity index (χ3v) is 7.19. The van der Waals surface area contributed by atoms with Gasteiger partial charge in [0.15, 0.2) is 5.75 Å². The molecule has 190 valence electrons. The van der Waals surface area contributed by atoms with E-state index in [1.807, 2.05) is 35.0 Å². The molecule has 2 aromatic carbocycles. The molecule has 10 heteroatoms. The van der Waals surface area contributed by atoms with Crippen molar-refractivity contribution >= 4 is 50.3 Å². The minimum atomic E-state index is -3.32. The van der Waals surface area contributed by atoms with Crippen molar-refractivity contribution in [2.24, 2.45) is 16.2 Å². The second-order valence-electron chi connectivity index (χ2n) is 8.94. The summed E-state index contributed by atoms with van der Waals surface area (Å²) in [6, 6.07) is 13.6. The summed E-state index contributed by atoms with van der Waals surface area (Å²) in [7, 11) is -3.32. The number of sulfonamides is 1. The van der Waals surface area contributed by atoms with Crippen LogP contribution in [0.1, 0.15) is 31.2 Å². The quantitative estimate of drug-likeness (QED) is 0.242. The summed E-state index contributed by atoms with van der Waals surface area (Å²) in [6.07, 6.45) is 8.41. The van der Waals surface area contributed by atoms with Gasteiger partial charge in [-0.25, -0.2) is 8.42 Å². The number of hydrogen-bond donors (Lipinski definition) is 0. The molecule has 0 radical (unpaired) electrons. The van der Waals surface area contributed by atoms with Gasteiger partial charge in [0.25, 0.3) is 0 Å². The second-order valence-corrected chi connectivity index (χ2v) is 11.4. The molecule has 1 heterocycles. The van der Waals surface area contributed by atoms with Gasteiger partial charge in [0.1, 0.15) is 18.4 Å². The first kappa shape index (κ1) is 26.3. The molecule has 0 bridgehead atoms. The molecule has 1 aliphatic carbocycles. The lowest BCUT2D eigenvalue weighted by Gasteiger charge is -2.26. The monoisotopic (exact) mass is 547 g/mol. The topological polar surface area (TPSA) is 93.7 Å². The number of halogens is 2. The van der Waals surface area contributed by atoms with Crippen LogP contribution >= 0.6 is 23.2 Å². The zero-order chi connectivity index (χ0) is 25.7. The first-order valence-electron chi connectivity index (χ1n) is 11.7. The van der Waals surface area contributed by atoms with E-state index in [1.165, 1.54) is 0 Å². The van der Waals surface area contributed by atoms with Crippen molar-refractivity contribution in [2.75, 3.05) is 25.3 Å². The molecular weight excluding hydrogens is 521 g/mol. The van der Waals surface area contributed by atoms with Gasteiger partial charge in [-0.3, -0.25) is 0 Å². The Morgan fingerprint density at radius 1 is 1.17 bits per heavy atom. The zero-order valence-corrected chi connectivity index (χ0v) is 22.2. The molecular formula is C26H27Cl2N3O4S. The van der Waals surface area contributed by atoms with E-state index in [0.717, 1.165) is 54.3 Å². The van der Waals surface area contributed by atoms with E-state index in [1.54, 1.807) is 18.3 Å². The van der Waals surface area contributed by atoms with Crippen LogP contribution in [0.2, 0.25) is 5.02 Å². The molecule has 0 amide bonds. The Morgan fingerprint density at radius 3 is 2.64 bits per heavy atom. The van der Waals surface area contributed by atoms with Crippen molar-refractivity contribution in [2.45, 2.75) is 25.7 Å². The average molecular weight is 548 g/mol. The lowest BCUT2D eigenvalue weighted by atomic mass is 9.83. The molecule has 0 atom stereocenters. The predicted octanol–water partition coefficient (Wildman–Crippen LogP) is 5.99. The van der Waals surface area contributed by atoms with Gasteiger partial charge < -0.3 is 14.0 Å². The van der Waals surface area contributed by atoms with Gasteiger partial charge in [0.2, 0.25) is 10.0 Å². The van der Waals surface area contributed by atoms with Crippen molar-refractivity contribution in [1.29, 1.82) is 5.26 Å². The molecule has 1 aliphatic rings. The first-order valence-corrected chi connectivity index (χ1v) is 14.5. The molecule has 0 aliphatic heterocycles. The molecule has 1 aromatic heterocycles. The van der Waals surface area contributed by atoms with Gasteiger partial charge in [0, 0.05) is 23.5 Å². The Labute approximate surface area is 221 Å². The summed E-state index contributed by atoms with van der Waals surface area (Å²) < 4.78 is 39.7. The van der Waals surface area contributed by atoms with Crippen molar-refractivity contribution in [3.05, 3.63) is 53.2 Å². The van der Waals surface area contributed by atoms with E-state index < -0.39 is 10.0 Å². The van der Waals surface area contributed by atoms with Crippen molar-refractivity contribution in [3.63, 3.8) is 0 Å². The molecule has 1 saturated carbocycles. The molecule has 0 unspecified atom stereocenters. The largest absolute Gasteiger partial charge is 0.493 e. The van der Waals surface area contributed by atoms with Crippen LogP contribution in [0.5, 0.6) is 11.5 Å². The van der Waals surface area contributed by atoms with Crippen LogP contribution < -0.4 is 9.47 Å². The summed E-state index contributed by atoms with van der Waals surface area (Å²) >= 11 is 12.1. The van der Waals surface area contributed by atoms with Gasteiger partial charge in [0.05, 0.1) is 34.8 Å². The summed E-state index contributed by atoms with van der Waals surface area (Å²) in [5.41, 5.74) is 2.07. The van der Waals surface area contributed by atoms with Crippen molar-refractivity contribution in [3.8, 4) is 23.3 Å². The lowest BCUT2D eigenvalue weighted by Crippen LogP contribution is -2.21. The second kappa shape index (κ2) is 11.5. The maximum Gasteiger partial charge on any atom is 0.249 e. The number of nitriles is 1. The minimum Gasteiger partial charge on any atom is -0.493 e. The van der Waals surface area contributed by atoms with Gasteiger partial charge in [-0.15, -0.1) is 11.6 Å². The first-order chi connectivity index (χ1) is 17.3. The van der Waals surface area contributed by atoms with Crippen LogP contribution in [0.15, 0.2) is 47.0 Å². The Bertz CT molecular complexity index is 1400. The van der Waals surface area contributed by atoms with E-state index in [0.29, 0.717) is 34.7 Å². The van der Waals surface area contributed by atoms with E-state index in [-0.39, 0.29) is 12.5 Å². The standard InChI is InChI=1S/C26H27Cl2N3O4S/c1-36(32,33)30-16-18-2-4-19(5-3-18)17-35-23-6-7-25-20(13-23)8-10-31(25)22-12-21(15-29)26(24(28)14-22)34-11-9-27/h6-8,10,12-14,16,18-19H,2-5,9,11,17H2,1H3. The molecule has 36 heavy (non-hydrogen) atoms. The van der Waals surface area contributed by atoms with Gasteiger partial charge >= 0.3 is 0 Å². The molecule has 7 nitrogen and oxygen atoms in total. The van der Waals surface area contributed by atoms with E-state index in [4.69, 9.17) is 32.7 Å². The number of ether oxygens (including phenoxy) is 2. The third-order valence-electron chi connectivity index (χ3n) is 6.25. The highest BCUT2D eigenvalue weighted by Crippen LogP contribution is 2.34. The number of rotatable bonds is 9. The van der Waals surface area contributed by atoms with Crippen LogP contribution in [-0.4, -0.2) is 44.5 Å². The summed E-state index contributed by atoms with van der Waals surface area (Å²) in [5.74, 6) is 2.08. The summed E-state index contributed by atoms with van der Waals surface area (Å²) in [6.45, 7) is 0.885. The fourth-order valence-corrected chi connectivity index (χ4v) is 5.18. The highest BCUT2D eigenvalue weighted by molar-refractivity contribution is 7.89. The minimum absolute atomic E-state index is 0.211. The van der Waals surface area contributed by atoms with E-state index >= 15 is 0 Å². The van der Waals surface area contributed by atoms with Crippen molar-refractivity contribution < 1.29 is 17.9 Å². The fraction of sp³-hybridized carbons (Fsp3) is 0.385. The van der Waals surface area contributed by atoms with E-state index in [9.17, 15) is 13.7 Å². The number of hydrogen-bond acceptors (Lipinski definition) is 5. The SMILES string of the molecule is CS(=O)(=O)N=CC1CCC(COc2ccc3c(ccn3-c3cc(Cl)c(OCCCl)c(C#N)c3)c2)CC1. The average Bonchev–Trinajstić information content (AvgIpc) is 3.28. The molecule has 3 aromatic rings. The zero-order valence-electron chi connectivity index (χ0n) is 19.9. The Balaban J connectivity index is 1.42. The van der Waals surface area contributed by atoms with Gasteiger partial charge in [-0.1, -0.05) is 11.6 Å². The Kier molecular flexibility index (Phi) is 8.45. The maximum atomic E-state index is 11.2. The fourth-order valence-electron chi connectivity index (χ4n) is 4.44. The Morgan fingerprint density at radius 2 is 1.94 bits per heavy atom. The highest BCUT2D eigenvalue weighted by atomic mass is 35.5. The van der Waals surface area contributed by atoms with E-state index in [2.05, 4.69) is 10.5 Å². The molecule has 0 spiro atoms. The van der Waals surface area contributed by atoms with Crippen LogP contribution in [-0.2, 0) is 10.0 Å². The highest BCUT2D eigenvalue weighted by Gasteiger charge is 2.21. The lowest BCUT2D eigenvalue weighted by molar-refractivity contribution is 0.199. The number of nitrogens with zero attached hydrogens (tertiary/aromatic N) is 3. The number of benzene rings is 2. The van der Waals surface area contributed by atoms with Crippen LogP contribution in [0, 0.1) is 23.2 Å². The maximum absolute atomic E-state index is 11.2. The third kappa shape index (κ3) is 6.52. The number of alkyl halides is 1. The van der Waals surface area contributed by atoms with Gasteiger partial charge in [-0.05, 0) is 73.9 Å². The normalized spacial score (nSPS) is 18.4. The molecule has 1 fully saturated rings. The number of aromatic nitrogens is 1. The smallest absolute Gasteiger partial charge is 0.249 e. The summed E-state index contributed by atoms with van der Waals surface area (Å²) in [4.78, 5) is 0. The van der Waals surface area contributed by atoms with Crippen molar-refractivity contribution in [1.82, 2.24) is 4.57 Å². The predicted molar refractivity (Wildman–Crippen MR) is 143 cm³/mol. The van der Waals surface area contributed by atoms with Crippen LogP contribution in [0.4, 0.5) is 0 Å². The van der Waals surface area contributed by atoms with Gasteiger partial charge in [-0.2, -0.15) is 9.66 Å². The molecule has 4 rings (SSSR count).